The summed E-state index contributed by atoms with van der Waals surface area (Å²) in [5, 5.41) is -0.0391. The van der Waals surface area contributed by atoms with E-state index in [4.69, 9.17) is 11.6 Å². The third-order valence-electron chi connectivity index (χ3n) is 2.71. The van der Waals surface area contributed by atoms with Crippen LogP contribution in [0.3, 0.4) is 0 Å². The van der Waals surface area contributed by atoms with Crippen molar-refractivity contribution in [1.29, 1.82) is 0 Å². The quantitative estimate of drug-likeness (QED) is 0.706. The third kappa shape index (κ3) is 2.15. The number of rotatable bonds is 2. The second-order valence-electron chi connectivity index (χ2n) is 3.83. The molecule has 1 heterocycles. The first-order valence-corrected chi connectivity index (χ1v) is 5.67. The molecular formula is C12H14ClNO. The van der Waals surface area contributed by atoms with Gasteiger partial charge in [0.1, 0.15) is 0 Å². The minimum atomic E-state index is -0.0391. The number of carbonyl (C=O) groups is 1. The van der Waals surface area contributed by atoms with Crippen LogP contribution in [0.4, 0.5) is 5.69 Å². The summed E-state index contributed by atoms with van der Waals surface area (Å²) in [6, 6.07) is 8.09. The Morgan fingerprint density at radius 1 is 1.53 bits per heavy atom. The number of aryl methyl sites for hydroxylation is 1. The molecule has 3 heteroatoms. The Kier molecular flexibility index (Phi) is 2.96. The molecular weight excluding hydrogens is 210 g/mol. The summed E-state index contributed by atoms with van der Waals surface area (Å²) in [4.78, 5) is 13.4. The van der Waals surface area contributed by atoms with Gasteiger partial charge in [-0.25, -0.2) is 0 Å². The van der Waals surface area contributed by atoms with Gasteiger partial charge in [0.15, 0.2) is 0 Å². The molecule has 2 nitrogen and oxygen atoms in total. The van der Waals surface area contributed by atoms with Gasteiger partial charge in [-0.05, 0) is 24.1 Å². The van der Waals surface area contributed by atoms with Crippen LogP contribution in [0.25, 0.3) is 0 Å². The smallest absolute Gasteiger partial charge is 0.228 e. The normalized spacial score (nSPS) is 21.1. The zero-order valence-corrected chi connectivity index (χ0v) is 9.50. The van der Waals surface area contributed by atoms with Crippen LogP contribution in [0.1, 0.15) is 18.9 Å². The van der Waals surface area contributed by atoms with Crippen LogP contribution in [-0.4, -0.2) is 17.8 Å². The van der Waals surface area contributed by atoms with Gasteiger partial charge in [0, 0.05) is 18.7 Å². The van der Waals surface area contributed by atoms with E-state index in [0.29, 0.717) is 13.0 Å². The first kappa shape index (κ1) is 10.5. The van der Waals surface area contributed by atoms with Gasteiger partial charge in [0.2, 0.25) is 5.91 Å². The summed E-state index contributed by atoms with van der Waals surface area (Å²) in [6.45, 7) is 2.74. The molecule has 80 valence electrons. The molecule has 1 unspecified atom stereocenters. The van der Waals surface area contributed by atoms with Crippen LogP contribution in [-0.2, 0) is 11.2 Å². The van der Waals surface area contributed by atoms with E-state index in [9.17, 15) is 4.79 Å². The number of amides is 1. The van der Waals surface area contributed by atoms with E-state index in [-0.39, 0.29) is 11.3 Å². The fourth-order valence-corrected chi connectivity index (χ4v) is 2.13. The van der Waals surface area contributed by atoms with Gasteiger partial charge in [-0.3, -0.25) is 4.79 Å². The maximum Gasteiger partial charge on any atom is 0.228 e. The van der Waals surface area contributed by atoms with E-state index in [2.05, 4.69) is 19.1 Å². The molecule has 1 aliphatic heterocycles. The number of nitrogens with zero attached hydrogens (tertiary/aromatic N) is 1. The molecule has 1 saturated heterocycles. The highest BCUT2D eigenvalue weighted by molar-refractivity contribution is 6.24. The van der Waals surface area contributed by atoms with Crippen molar-refractivity contribution >= 4 is 23.2 Å². The van der Waals surface area contributed by atoms with Gasteiger partial charge in [-0.1, -0.05) is 19.1 Å². The Balaban J connectivity index is 2.25. The lowest BCUT2D eigenvalue weighted by atomic mass is 10.1. The van der Waals surface area contributed by atoms with Gasteiger partial charge in [0.05, 0.1) is 5.38 Å². The summed E-state index contributed by atoms with van der Waals surface area (Å²) in [6.07, 6.45) is 1.44. The summed E-state index contributed by atoms with van der Waals surface area (Å²) < 4.78 is 0. The molecule has 1 aromatic carbocycles. The minimum absolute atomic E-state index is 0.0391. The minimum Gasteiger partial charge on any atom is -0.311 e. The van der Waals surface area contributed by atoms with Crippen LogP contribution in [0.15, 0.2) is 24.3 Å². The number of halogens is 1. The molecule has 0 saturated carbocycles. The summed E-state index contributed by atoms with van der Waals surface area (Å²) in [5.41, 5.74) is 2.22. The van der Waals surface area contributed by atoms with Crippen molar-refractivity contribution in [2.75, 3.05) is 11.4 Å². The lowest BCUT2D eigenvalue weighted by Crippen LogP contribution is -2.24. The highest BCUT2D eigenvalue weighted by atomic mass is 35.5. The second-order valence-corrected chi connectivity index (χ2v) is 4.45. The number of anilines is 1. The van der Waals surface area contributed by atoms with Gasteiger partial charge in [0.25, 0.3) is 0 Å². The van der Waals surface area contributed by atoms with E-state index >= 15 is 0 Å². The van der Waals surface area contributed by atoms with Gasteiger partial charge >= 0.3 is 0 Å². The van der Waals surface area contributed by atoms with E-state index in [1.165, 1.54) is 5.56 Å². The van der Waals surface area contributed by atoms with Gasteiger partial charge in [-0.2, -0.15) is 0 Å². The zero-order valence-electron chi connectivity index (χ0n) is 8.74. The molecule has 0 bridgehead atoms. The van der Waals surface area contributed by atoms with Crippen molar-refractivity contribution in [2.45, 2.75) is 25.1 Å². The third-order valence-corrected chi connectivity index (χ3v) is 3.00. The fourth-order valence-electron chi connectivity index (χ4n) is 1.86. The van der Waals surface area contributed by atoms with Crippen molar-refractivity contribution in [3.05, 3.63) is 29.8 Å². The molecule has 2 rings (SSSR count). The number of alkyl halides is 1. The van der Waals surface area contributed by atoms with Crippen LogP contribution in [0.5, 0.6) is 0 Å². The Morgan fingerprint density at radius 3 is 2.93 bits per heavy atom. The maximum absolute atomic E-state index is 11.6. The van der Waals surface area contributed by atoms with Crippen LogP contribution in [0, 0.1) is 0 Å². The highest BCUT2D eigenvalue weighted by Crippen LogP contribution is 2.24. The first-order valence-electron chi connectivity index (χ1n) is 5.24. The lowest BCUT2D eigenvalue weighted by molar-refractivity contribution is -0.117. The molecule has 1 atom stereocenters. The number of carbonyl (C=O) groups excluding carboxylic acids is 1. The average Bonchev–Trinajstić information content (AvgIpc) is 2.58. The Morgan fingerprint density at radius 2 is 2.33 bits per heavy atom. The van der Waals surface area contributed by atoms with Crippen molar-refractivity contribution in [3.8, 4) is 0 Å². The fraction of sp³-hybridized carbons (Fsp3) is 0.417. The van der Waals surface area contributed by atoms with Gasteiger partial charge < -0.3 is 4.90 Å². The molecule has 0 aromatic heterocycles. The predicted molar refractivity (Wildman–Crippen MR) is 62.4 cm³/mol. The monoisotopic (exact) mass is 223 g/mol. The van der Waals surface area contributed by atoms with Crippen LogP contribution >= 0.6 is 11.6 Å². The topological polar surface area (TPSA) is 20.3 Å². The largest absolute Gasteiger partial charge is 0.311 e. The Labute approximate surface area is 94.8 Å². The molecule has 15 heavy (non-hydrogen) atoms. The second kappa shape index (κ2) is 4.23. The van der Waals surface area contributed by atoms with Crippen molar-refractivity contribution in [1.82, 2.24) is 0 Å². The first-order chi connectivity index (χ1) is 7.20. The summed E-state index contributed by atoms with van der Waals surface area (Å²) in [7, 11) is 0. The molecule has 1 aromatic rings. The molecule has 0 spiro atoms. The molecule has 0 radical (unpaired) electrons. The summed E-state index contributed by atoms with van der Waals surface area (Å²) in [5.74, 6) is 0.128. The van der Waals surface area contributed by atoms with E-state index in [0.717, 1.165) is 12.1 Å². The van der Waals surface area contributed by atoms with Crippen molar-refractivity contribution < 1.29 is 4.79 Å². The number of benzene rings is 1. The SMILES string of the molecule is CCc1cccc(N2CC(Cl)CC2=O)c1. The van der Waals surface area contributed by atoms with Crippen LogP contribution in [0.2, 0.25) is 0 Å². The standard InChI is InChI=1S/C12H14ClNO/c1-2-9-4-3-5-11(6-9)14-8-10(13)7-12(14)15/h3-6,10H,2,7-8H2,1H3. The van der Waals surface area contributed by atoms with E-state index in [1.807, 2.05) is 12.1 Å². The molecule has 1 amide bonds. The van der Waals surface area contributed by atoms with E-state index in [1.54, 1.807) is 4.90 Å². The highest BCUT2D eigenvalue weighted by Gasteiger charge is 2.28. The zero-order chi connectivity index (χ0) is 10.8. The number of hydrogen-bond donors (Lipinski definition) is 0. The molecule has 0 aliphatic carbocycles. The van der Waals surface area contributed by atoms with Crippen LogP contribution < -0.4 is 4.90 Å². The Hall–Kier alpha value is -1.02. The van der Waals surface area contributed by atoms with Crippen molar-refractivity contribution in [3.63, 3.8) is 0 Å². The summed E-state index contributed by atoms with van der Waals surface area (Å²) >= 11 is 5.96. The maximum atomic E-state index is 11.6. The average molecular weight is 224 g/mol. The van der Waals surface area contributed by atoms with Gasteiger partial charge in [-0.15, -0.1) is 11.6 Å². The Bertz CT molecular complexity index is 378. The number of hydrogen-bond acceptors (Lipinski definition) is 1. The predicted octanol–water partition coefficient (Wildman–Crippen LogP) is 2.59. The molecule has 1 fully saturated rings. The van der Waals surface area contributed by atoms with Crippen molar-refractivity contribution in [2.24, 2.45) is 0 Å². The molecule has 1 aliphatic rings. The lowest BCUT2D eigenvalue weighted by Gasteiger charge is -2.16. The van der Waals surface area contributed by atoms with E-state index < -0.39 is 0 Å². The molecule has 0 N–H and O–H groups in total.